The first-order valence-electron chi connectivity index (χ1n) is 3.72. The zero-order valence-electron chi connectivity index (χ0n) is 7.24. The molecule has 0 aliphatic carbocycles. The van der Waals surface area contributed by atoms with Gasteiger partial charge in [-0.2, -0.15) is 0 Å². The predicted octanol–water partition coefficient (Wildman–Crippen LogP) is 1.85. The van der Waals surface area contributed by atoms with Crippen LogP contribution in [0.15, 0.2) is 12.2 Å². The summed E-state index contributed by atoms with van der Waals surface area (Å²) in [5, 5.41) is 13.5. The monoisotopic (exact) mass is 184 g/mol. The summed E-state index contributed by atoms with van der Waals surface area (Å²) in [5.41, 5.74) is 1.78. The highest BCUT2D eigenvalue weighted by Crippen LogP contribution is 2.24. The van der Waals surface area contributed by atoms with Gasteiger partial charge in [-0.15, -0.1) is 11.7 Å². The Kier molecular flexibility index (Phi) is 2.94. The maximum Gasteiger partial charge on any atom is 0.0953 e. The van der Waals surface area contributed by atoms with E-state index in [1.54, 1.807) is 0 Å². The molecule has 0 amide bonds. The van der Waals surface area contributed by atoms with E-state index in [-0.39, 0.29) is 0 Å². The minimum Gasteiger partial charge on any atom is -0.387 e. The zero-order chi connectivity index (χ0) is 9.14. The van der Waals surface area contributed by atoms with Crippen molar-refractivity contribution in [1.82, 2.24) is 9.59 Å². The molecule has 0 saturated carbocycles. The Morgan fingerprint density at radius 2 is 2.42 bits per heavy atom. The molecule has 1 unspecified atom stereocenters. The molecule has 1 aromatic rings. The van der Waals surface area contributed by atoms with E-state index in [1.807, 2.05) is 13.8 Å². The predicted molar refractivity (Wildman–Crippen MR) is 49.0 cm³/mol. The molecule has 0 aliphatic heterocycles. The van der Waals surface area contributed by atoms with Gasteiger partial charge in [-0.3, -0.25) is 0 Å². The van der Waals surface area contributed by atoms with Crippen molar-refractivity contribution in [3.8, 4) is 0 Å². The lowest BCUT2D eigenvalue weighted by molar-refractivity contribution is 0.181. The fourth-order valence-electron chi connectivity index (χ4n) is 0.966. The van der Waals surface area contributed by atoms with Gasteiger partial charge < -0.3 is 5.11 Å². The topological polar surface area (TPSA) is 46.0 Å². The van der Waals surface area contributed by atoms with Gasteiger partial charge in [0.2, 0.25) is 0 Å². The Labute approximate surface area is 75.9 Å². The molecule has 0 spiro atoms. The molecular formula is C8H12N2OS. The van der Waals surface area contributed by atoms with E-state index in [4.69, 9.17) is 0 Å². The van der Waals surface area contributed by atoms with Crippen LogP contribution in [-0.4, -0.2) is 14.7 Å². The second kappa shape index (κ2) is 3.78. The van der Waals surface area contributed by atoms with Crippen molar-refractivity contribution in [3.63, 3.8) is 0 Å². The molecule has 0 bridgehead atoms. The second-order valence-electron chi connectivity index (χ2n) is 2.90. The van der Waals surface area contributed by atoms with Crippen molar-refractivity contribution >= 4 is 11.5 Å². The minimum atomic E-state index is -0.484. The summed E-state index contributed by atoms with van der Waals surface area (Å²) in [5.74, 6) is 0. The fraction of sp³-hybridized carbons (Fsp3) is 0.500. The SMILES string of the molecule is C=C(C)CC(O)c1snnc1C. The third kappa shape index (κ3) is 2.12. The second-order valence-corrected chi connectivity index (χ2v) is 3.69. The Hall–Kier alpha value is -0.740. The number of hydrogen-bond donors (Lipinski definition) is 1. The molecule has 0 radical (unpaired) electrons. The third-order valence-corrected chi connectivity index (χ3v) is 2.46. The Bertz CT molecular complexity index is 282. The van der Waals surface area contributed by atoms with Crippen LogP contribution in [-0.2, 0) is 0 Å². The first-order valence-corrected chi connectivity index (χ1v) is 4.50. The average Bonchev–Trinajstić information content (AvgIpc) is 2.33. The molecule has 0 aliphatic rings. The summed E-state index contributed by atoms with van der Waals surface area (Å²) in [6, 6.07) is 0. The van der Waals surface area contributed by atoms with Gasteiger partial charge in [0.05, 0.1) is 16.7 Å². The highest BCUT2D eigenvalue weighted by molar-refractivity contribution is 7.05. The fourth-order valence-corrected chi connectivity index (χ4v) is 1.59. The molecule has 3 nitrogen and oxygen atoms in total. The molecule has 1 rings (SSSR count). The first-order chi connectivity index (χ1) is 5.61. The lowest BCUT2D eigenvalue weighted by Gasteiger charge is -2.06. The molecular weight excluding hydrogens is 172 g/mol. The van der Waals surface area contributed by atoms with Crippen LogP contribution in [0.2, 0.25) is 0 Å². The van der Waals surface area contributed by atoms with E-state index >= 15 is 0 Å². The Morgan fingerprint density at radius 3 is 2.83 bits per heavy atom. The van der Waals surface area contributed by atoms with E-state index in [0.29, 0.717) is 6.42 Å². The molecule has 1 atom stereocenters. The number of aliphatic hydroxyl groups excluding tert-OH is 1. The van der Waals surface area contributed by atoms with Gasteiger partial charge in [-0.05, 0) is 31.8 Å². The van der Waals surface area contributed by atoms with Crippen LogP contribution in [0.3, 0.4) is 0 Å². The maximum atomic E-state index is 9.63. The highest BCUT2D eigenvalue weighted by atomic mass is 32.1. The third-order valence-electron chi connectivity index (χ3n) is 1.53. The number of aryl methyl sites for hydroxylation is 1. The number of hydrogen-bond acceptors (Lipinski definition) is 4. The van der Waals surface area contributed by atoms with Crippen molar-refractivity contribution in [2.24, 2.45) is 0 Å². The summed E-state index contributed by atoms with van der Waals surface area (Å²) in [4.78, 5) is 0.845. The lowest BCUT2D eigenvalue weighted by Crippen LogP contribution is -1.96. The molecule has 0 fully saturated rings. The summed E-state index contributed by atoms with van der Waals surface area (Å²) in [6.45, 7) is 7.48. The largest absolute Gasteiger partial charge is 0.387 e. The van der Waals surface area contributed by atoms with Crippen LogP contribution in [0.1, 0.15) is 30.0 Å². The van der Waals surface area contributed by atoms with Crippen LogP contribution in [0.5, 0.6) is 0 Å². The normalized spacial score (nSPS) is 12.9. The van der Waals surface area contributed by atoms with Gasteiger partial charge in [0, 0.05) is 0 Å². The summed E-state index contributed by atoms with van der Waals surface area (Å²) in [7, 11) is 0. The van der Waals surface area contributed by atoms with Gasteiger partial charge in [-0.25, -0.2) is 0 Å². The summed E-state index contributed by atoms with van der Waals surface area (Å²) < 4.78 is 3.75. The number of aromatic nitrogens is 2. The van der Waals surface area contributed by atoms with Crippen LogP contribution in [0, 0.1) is 6.92 Å². The molecule has 1 heterocycles. The molecule has 1 aromatic heterocycles. The minimum absolute atomic E-state index is 0.484. The maximum absolute atomic E-state index is 9.63. The molecule has 0 saturated heterocycles. The molecule has 1 N–H and O–H groups in total. The first kappa shape index (κ1) is 9.35. The molecule has 12 heavy (non-hydrogen) atoms. The highest BCUT2D eigenvalue weighted by Gasteiger charge is 2.13. The van der Waals surface area contributed by atoms with Crippen LogP contribution >= 0.6 is 11.5 Å². The molecule has 0 aromatic carbocycles. The summed E-state index contributed by atoms with van der Waals surface area (Å²) in [6.07, 6.45) is 0.104. The van der Waals surface area contributed by atoms with Crippen molar-refractivity contribution in [3.05, 3.63) is 22.7 Å². The van der Waals surface area contributed by atoms with Crippen LogP contribution in [0.4, 0.5) is 0 Å². The van der Waals surface area contributed by atoms with Crippen molar-refractivity contribution in [2.45, 2.75) is 26.4 Å². The van der Waals surface area contributed by atoms with Crippen molar-refractivity contribution in [1.29, 1.82) is 0 Å². The van der Waals surface area contributed by atoms with Gasteiger partial charge in [0.15, 0.2) is 0 Å². The van der Waals surface area contributed by atoms with Gasteiger partial charge in [-0.1, -0.05) is 10.1 Å². The average molecular weight is 184 g/mol. The van der Waals surface area contributed by atoms with Crippen LogP contribution < -0.4 is 0 Å². The Balaban J connectivity index is 2.71. The van der Waals surface area contributed by atoms with E-state index in [9.17, 15) is 5.11 Å². The van der Waals surface area contributed by atoms with E-state index < -0.39 is 6.10 Å². The number of rotatable bonds is 3. The van der Waals surface area contributed by atoms with Crippen molar-refractivity contribution in [2.75, 3.05) is 0 Å². The van der Waals surface area contributed by atoms with Gasteiger partial charge in [0.25, 0.3) is 0 Å². The van der Waals surface area contributed by atoms with Crippen LogP contribution in [0.25, 0.3) is 0 Å². The number of aliphatic hydroxyl groups is 1. The zero-order valence-corrected chi connectivity index (χ0v) is 8.06. The molecule has 66 valence electrons. The standard InChI is InChI=1S/C8H12N2OS/c1-5(2)4-7(11)8-6(3)9-10-12-8/h7,11H,1,4H2,2-3H3. The van der Waals surface area contributed by atoms with E-state index in [2.05, 4.69) is 16.2 Å². The smallest absolute Gasteiger partial charge is 0.0953 e. The molecule has 4 heteroatoms. The van der Waals surface area contributed by atoms with Gasteiger partial charge in [0.1, 0.15) is 0 Å². The summed E-state index contributed by atoms with van der Waals surface area (Å²) >= 11 is 1.25. The van der Waals surface area contributed by atoms with Gasteiger partial charge >= 0.3 is 0 Å². The number of nitrogens with zero attached hydrogens (tertiary/aromatic N) is 2. The van der Waals surface area contributed by atoms with E-state index in [1.165, 1.54) is 11.5 Å². The van der Waals surface area contributed by atoms with Crippen molar-refractivity contribution < 1.29 is 5.11 Å². The quantitative estimate of drug-likeness (QED) is 0.729. The Morgan fingerprint density at radius 1 is 1.75 bits per heavy atom. The van der Waals surface area contributed by atoms with E-state index in [0.717, 1.165) is 16.1 Å². The lowest BCUT2D eigenvalue weighted by atomic mass is 10.1.